The van der Waals surface area contributed by atoms with E-state index in [9.17, 15) is 9.59 Å². The first-order chi connectivity index (χ1) is 13.5. The Morgan fingerprint density at radius 3 is 2.61 bits per heavy atom. The second-order valence-electron chi connectivity index (χ2n) is 6.93. The number of aromatic nitrogens is 1. The number of anilines is 2. The number of rotatable bonds is 3. The lowest BCUT2D eigenvalue weighted by Crippen LogP contribution is -2.38. The highest BCUT2D eigenvalue weighted by molar-refractivity contribution is 5.93. The molecule has 1 aliphatic rings. The van der Waals surface area contributed by atoms with Crippen LogP contribution in [0.5, 0.6) is 0 Å². The third-order valence-corrected chi connectivity index (χ3v) is 4.92. The van der Waals surface area contributed by atoms with Crippen molar-refractivity contribution in [3.05, 3.63) is 53.3 Å². The molecule has 1 aromatic carbocycles. The van der Waals surface area contributed by atoms with Crippen LogP contribution in [0.3, 0.4) is 0 Å². The van der Waals surface area contributed by atoms with Gasteiger partial charge in [0.2, 0.25) is 0 Å². The number of carbonyl (C=O) groups is 2. The predicted octanol–water partition coefficient (Wildman–Crippen LogP) is 3.23. The number of hydrogen-bond acceptors (Lipinski definition) is 5. The molecule has 28 heavy (non-hydrogen) atoms. The number of nitrogens with one attached hydrogen (secondary N) is 1. The molecule has 0 saturated carbocycles. The lowest BCUT2D eigenvalue weighted by molar-refractivity contribution is 0.0600. The van der Waals surface area contributed by atoms with Crippen LogP contribution in [0, 0.1) is 13.8 Å². The van der Waals surface area contributed by atoms with E-state index in [4.69, 9.17) is 4.74 Å². The molecular weight excluding hydrogens is 356 g/mol. The summed E-state index contributed by atoms with van der Waals surface area (Å²) in [7, 11) is 1.35. The maximum Gasteiger partial charge on any atom is 0.337 e. The third kappa shape index (κ3) is 4.60. The largest absolute Gasteiger partial charge is 0.465 e. The second-order valence-corrected chi connectivity index (χ2v) is 6.93. The van der Waals surface area contributed by atoms with E-state index < -0.39 is 0 Å². The van der Waals surface area contributed by atoms with Crippen LogP contribution in [0.2, 0.25) is 0 Å². The number of pyridine rings is 1. The van der Waals surface area contributed by atoms with Gasteiger partial charge in [-0.1, -0.05) is 0 Å². The Bertz CT molecular complexity index is 868. The molecule has 0 bridgehead atoms. The van der Waals surface area contributed by atoms with Gasteiger partial charge in [-0.05, 0) is 56.2 Å². The molecule has 0 unspecified atom stereocenters. The fourth-order valence-corrected chi connectivity index (χ4v) is 3.35. The molecule has 148 valence electrons. The molecule has 1 aromatic heterocycles. The Balaban J connectivity index is 1.63. The number of urea groups is 1. The summed E-state index contributed by atoms with van der Waals surface area (Å²) in [5, 5.41) is 2.96. The number of nitrogens with zero attached hydrogens (tertiary/aromatic N) is 3. The summed E-state index contributed by atoms with van der Waals surface area (Å²) >= 11 is 0. The molecule has 1 saturated heterocycles. The van der Waals surface area contributed by atoms with Crippen LogP contribution < -0.4 is 10.2 Å². The van der Waals surface area contributed by atoms with Gasteiger partial charge >= 0.3 is 12.0 Å². The van der Waals surface area contributed by atoms with Crippen LogP contribution >= 0.6 is 0 Å². The van der Waals surface area contributed by atoms with Gasteiger partial charge in [-0.25, -0.2) is 9.59 Å². The van der Waals surface area contributed by atoms with E-state index in [1.807, 2.05) is 31.0 Å². The molecule has 2 amide bonds. The SMILES string of the molecule is COC(=O)c1ccc(NC(=O)N2CCCN(c3ccnc(C)c3)CC2)c(C)c1. The van der Waals surface area contributed by atoms with Crippen molar-refractivity contribution in [2.24, 2.45) is 0 Å². The summed E-state index contributed by atoms with van der Waals surface area (Å²) in [6.45, 7) is 6.86. The standard InChI is InChI=1S/C21H26N4O3/c1-15-13-17(20(26)28-3)5-6-19(15)23-21(27)25-10-4-9-24(11-12-25)18-7-8-22-16(2)14-18/h5-8,13-14H,4,9-12H2,1-3H3,(H,23,27). The molecule has 0 atom stereocenters. The number of ether oxygens (including phenoxy) is 1. The average molecular weight is 382 g/mol. The number of aryl methyl sites for hydroxylation is 2. The molecule has 0 spiro atoms. The number of benzene rings is 1. The fourth-order valence-electron chi connectivity index (χ4n) is 3.35. The second kappa shape index (κ2) is 8.73. The Hall–Kier alpha value is -3.09. The zero-order valence-electron chi connectivity index (χ0n) is 16.6. The van der Waals surface area contributed by atoms with Crippen molar-refractivity contribution >= 4 is 23.4 Å². The van der Waals surface area contributed by atoms with E-state index in [0.717, 1.165) is 36.5 Å². The molecule has 2 heterocycles. The van der Waals surface area contributed by atoms with Crippen LogP contribution in [0.1, 0.15) is 28.0 Å². The maximum atomic E-state index is 12.7. The van der Waals surface area contributed by atoms with Gasteiger partial charge in [0.05, 0.1) is 12.7 Å². The normalized spacial score (nSPS) is 14.4. The Kier molecular flexibility index (Phi) is 6.13. The van der Waals surface area contributed by atoms with Crippen molar-refractivity contribution in [2.45, 2.75) is 20.3 Å². The molecule has 2 aromatic rings. The van der Waals surface area contributed by atoms with E-state index in [-0.39, 0.29) is 12.0 Å². The number of esters is 1. The first-order valence-electron chi connectivity index (χ1n) is 9.40. The summed E-state index contributed by atoms with van der Waals surface area (Å²) in [5.74, 6) is -0.389. The lowest BCUT2D eigenvalue weighted by atomic mass is 10.1. The summed E-state index contributed by atoms with van der Waals surface area (Å²) in [4.78, 5) is 32.7. The van der Waals surface area contributed by atoms with Gasteiger partial charge in [0.15, 0.2) is 0 Å². The van der Waals surface area contributed by atoms with Gasteiger partial charge in [-0.2, -0.15) is 0 Å². The first-order valence-corrected chi connectivity index (χ1v) is 9.40. The highest BCUT2D eigenvalue weighted by Crippen LogP contribution is 2.20. The fraction of sp³-hybridized carbons (Fsp3) is 0.381. The molecule has 3 rings (SSSR count). The number of hydrogen-bond donors (Lipinski definition) is 1. The van der Waals surface area contributed by atoms with Crippen LogP contribution in [-0.2, 0) is 4.74 Å². The number of amides is 2. The molecule has 1 aliphatic heterocycles. The predicted molar refractivity (Wildman–Crippen MR) is 109 cm³/mol. The van der Waals surface area contributed by atoms with Crippen LogP contribution in [0.15, 0.2) is 36.5 Å². The van der Waals surface area contributed by atoms with Crippen LogP contribution in [0.25, 0.3) is 0 Å². The van der Waals surface area contributed by atoms with Gasteiger partial charge < -0.3 is 19.9 Å². The molecule has 1 fully saturated rings. The van der Waals surface area contributed by atoms with Crippen LogP contribution in [-0.4, -0.2) is 55.2 Å². The topological polar surface area (TPSA) is 74.8 Å². The van der Waals surface area contributed by atoms with E-state index >= 15 is 0 Å². The monoisotopic (exact) mass is 382 g/mol. The average Bonchev–Trinajstić information content (AvgIpc) is 2.95. The molecule has 7 heteroatoms. The first kappa shape index (κ1) is 19.7. The summed E-state index contributed by atoms with van der Waals surface area (Å²) in [6, 6.07) is 9.07. The molecule has 7 nitrogen and oxygen atoms in total. The Labute approximate surface area is 165 Å². The van der Waals surface area contributed by atoms with E-state index in [1.54, 1.807) is 18.2 Å². The molecule has 1 N–H and O–H groups in total. The van der Waals surface area contributed by atoms with Crippen molar-refractivity contribution in [2.75, 3.05) is 43.5 Å². The van der Waals surface area contributed by atoms with Crippen molar-refractivity contribution < 1.29 is 14.3 Å². The van der Waals surface area contributed by atoms with Gasteiger partial charge in [0.25, 0.3) is 0 Å². The zero-order chi connectivity index (χ0) is 20.1. The van der Waals surface area contributed by atoms with Gasteiger partial charge in [0, 0.05) is 49.4 Å². The van der Waals surface area contributed by atoms with Crippen molar-refractivity contribution in [3.63, 3.8) is 0 Å². The smallest absolute Gasteiger partial charge is 0.337 e. The lowest BCUT2D eigenvalue weighted by Gasteiger charge is -2.24. The van der Waals surface area contributed by atoms with Gasteiger partial charge in [0.1, 0.15) is 0 Å². The quantitative estimate of drug-likeness (QED) is 0.825. The van der Waals surface area contributed by atoms with Crippen molar-refractivity contribution in [1.29, 1.82) is 0 Å². The highest BCUT2D eigenvalue weighted by atomic mass is 16.5. The van der Waals surface area contributed by atoms with E-state index in [1.165, 1.54) is 7.11 Å². The minimum Gasteiger partial charge on any atom is -0.465 e. The number of carbonyl (C=O) groups excluding carboxylic acids is 2. The zero-order valence-corrected chi connectivity index (χ0v) is 16.6. The maximum absolute atomic E-state index is 12.7. The summed E-state index contributed by atoms with van der Waals surface area (Å²) in [6.07, 6.45) is 2.72. The highest BCUT2D eigenvalue weighted by Gasteiger charge is 2.20. The minimum absolute atomic E-state index is 0.123. The Morgan fingerprint density at radius 2 is 1.89 bits per heavy atom. The van der Waals surface area contributed by atoms with Crippen LogP contribution in [0.4, 0.5) is 16.2 Å². The van der Waals surface area contributed by atoms with E-state index in [2.05, 4.69) is 21.3 Å². The minimum atomic E-state index is -0.389. The van der Waals surface area contributed by atoms with Crippen molar-refractivity contribution in [1.82, 2.24) is 9.88 Å². The molecule has 0 aliphatic carbocycles. The van der Waals surface area contributed by atoms with Gasteiger partial charge in [-0.15, -0.1) is 0 Å². The number of methoxy groups -OCH3 is 1. The molecular formula is C21H26N4O3. The Morgan fingerprint density at radius 1 is 1.07 bits per heavy atom. The summed E-state index contributed by atoms with van der Waals surface area (Å²) in [5.41, 5.74) is 4.12. The third-order valence-electron chi connectivity index (χ3n) is 4.92. The molecule has 0 radical (unpaired) electrons. The van der Waals surface area contributed by atoms with Crippen molar-refractivity contribution in [3.8, 4) is 0 Å². The van der Waals surface area contributed by atoms with E-state index in [0.29, 0.717) is 24.3 Å². The summed E-state index contributed by atoms with van der Waals surface area (Å²) < 4.78 is 4.73. The van der Waals surface area contributed by atoms with Gasteiger partial charge in [-0.3, -0.25) is 4.98 Å².